The van der Waals surface area contributed by atoms with Crippen molar-refractivity contribution in [2.45, 2.75) is 0 Å². The van der Waals surface area contributed by atoms with Crippen LogP contribution >= 0.6 is 0 Å². The predicted molar refractivity (Wildman–Crippen MR) is 48.1 cm³/mol. The van der Waals surface area contributed by atoms with E-state index in [1.807, 2.05) is 0 Å². The lowest BCUT2D eigenvalue weighted by atomic mass is 10.1. The average Bonchev–Trinajstić information content (AvgIpc) is 2.33. The van der Waals surface area contributed by atoms with Crippen molar-refractivity contribution in [3.05, 3.63) is 35.4 Å². The van der Waals surface area contributed by atoms with Gasteiger partial charge >= 0.3 is 11.9 Å². The number of carbonyl (C=O) groups excluding carboxylic acids is 2. The molecule has 0 atom stereocenters. The number of fused-ring (bicyclic) bond motifs is 1. The van der Waals surface area contributed by atoms with E-state index in [4.69, 9.17) is 4.74 Å². The third-order valence-corrected chi connectivity index (χ3v) is 1.90. The third-order valence-electron chi connectivity index (χ3n) is 1.90. The summed E-state index contributed by atoms with van der Waals surface area (Å²) < 4.78 is 4.84. The maximum absolute atomic E-state index is 11.5. The van der Waals surface area contributed by atoms with E-state index in [-0.39, 0.29) is 24.3 Å². The average molecular weight is 208 g/mol. The molecule has 0 fully saturated rings. The molecule has 0 saturated carbocycles. The van der Waals surface area contributed by atoms with Crippen molar-refractivity contribution < 1.29 is 24.1 Å². The SMILES string of the molecule is O=C1OCCOOC(=O)c2ccccc21. The molecule has 0 aromatic heterocycles. The van der Waals surface area contributed by atoms with Crippen LogP contribution in [0, 0.1) is 0 Å². The van der Waals surface area contributed by atoms with Gasteiger partial charge in [-0.15, -0.1) is 0 Å². The molecule has 0 radical (unpaired) electrons. The monoisotopic (exact) mass is 208 g/mol. The molecule has 0 bridgehead atoms. The van der Waals surface area contributed by atoms with Gasteiger partial charge < -0.3 is 4.74 Å². The van der Waals surface area contributed by atoms with Crippen LogP contribution in [0.4, 0.5) is 0 Å². The second-order valence-electron chi connectivity index (χ2n) is 2.87. The smallest absolute Gasteiger partial charge is 0.373 e. The number of hydrogen-bond acceptors (Lipinski definition) is 5. The first kappa shape index (κ1) is 9.67. The molecule has 0 amide bonds. The Morgan fingerprint density at radius 1 is 0.933 bits per heavy atom. The van der Waals surface area contributed by atoms with Crippen molar-refractivity contribution in [2.75, 3.05) is 13.2 Å². The van der Waals surface area contributed by atoms with Crippen molar-refractivity contribution in [3.63, 3.8) is 0 Å². The zero-order valence-electron chi connectivity index (χ0n) is 7.76. The summed E-state index contributed by atoms with van der Waals surface area (Å²) in [6.07, 6.45) is 0. The number of benzene rings is 1. The highest BCUT2D eigenvalue weighted by Gasteiger charge is 2.21. The summed E-state index contributed by atoms with van der Waals surface area (Å²) in [5, 5.41) is 0. The number of hydrogen-bond donors (Lipinski definition) is 0. The molecule has 1 aliphatic heterocycles. The van der Waals surface area contributed by atoms with Crippen LogP contribution in [0.2, 0.25) is 0 Å². The van der Waals surface area contributed by atoms with Crippen molar-refractivity contribution in [2.24, 2.45) is 0 Å². The van der Waals surface area contributed by atoms with E-state index in [0.29, 0.717) is 0 Å². The summed E-state index contributed by atoms with van der Waals surface area (Å²) in [5.41, 5.74) is 0.331. The molecule has 1 aliphatic rings. The van der Waals surface area contributed by atoms with Gasteiger partial charge in [-0.25, -0.2) is 9.59 Å². The van der Waals surface area contributed by atoms with Crippen LogP contribution in [0.1, 0.15) is 20.7 Å². The van der Waals surface area contributed by atoms with E-state index in [0.717, 1.165) is 0 Å². The lowest BCUT2D eigenvalue weighted by molar-refractivity contribution is -0.244. The Balaban J connectivity index is 2.43. The molecule has 78 valence electrons. The summed E-state index contributed by atoms with van der Waals surface area (Å²) >= 11 is 0. The molecule has 0 aliphatic carbocycles. The lowest BCUT2D eigenvalue weighted by Gasteiger charge is -2.03. The molecule has 1 heterocycles. The fourth-order valence-corrected chi connectivity index (χ4v) is 1.23. The Morgan fingerprint density at radius 3 is 2.33 bits per heavy atom. The second-order valence-corrected chi connectivity index (χ2v) is 2.87. The molecule has 0 saturated heterocycles. The molecule has 5 heteroatoms. The quantitative estimate of drug-likeness (QED) is 0.469. The number of esters is 1. The molecule has 0 N–H and O–H groups in total. The van der Waals surface area contributed by atoms with Gasteiger partial charge in [-0.2, -0.15) is 4.89 Å². The topological polar surface area (TPSA) is 61.8 Å². The minimum atomic E-state index is -0.690. The summed E-state index contributed by atoms with van der Waals surface area (Å²) in [5.74, 6) is -1.24. The Morgan fingerprint density at radius 2 is 1.60 bits per heavy atom. The van der Waals surface area contributed by atoms with Gasteiger partial charge in [0.1, 0.15) is 13.2 Å². The summed E-state index contributed by atoms with van der Waals surface area (Å²) in [7, 11) is 0. The number of carbonyl (C=O) groups is 2. The van der Waals surface area contributed by atoms with Gasteiger partial charge in [0, 0.05) is 0 Å². The van der Waals surface area contributed by atoms with Gasteiger partial charge in [0.15, 0.2) is 0 Å². The molecular weight excluding hydrogens is 200 g/mol. The first-order valence-corrected chi connectivity index (χ1v) is 4.39. The molecule has 1 aromatic rings. The largest absolute Gasteiger partial charge is 0.459 e. The minimum Gasteiger partial charge on any atom is -0.459 e. The van der Waals surface area contributed by atoms with E-state index < -0.39 is 11.9 Å². The van der Waals surface area contributed by atoms with E-state index in [1.165, 1.54) is 12.1 Å². The van der Waals surface area contributed by atoms with Gasteiger partial charge in [-0.3, -0.25) is 4.89 Å². The highest BCUT2D eigenvalue weighted by atomic mass is 17.2. The predicted octanol–water partition coefficient (Wildman–Crippen LogP) is 0.945. The van der Waals surface area contributed by atoms with Gasteiger partial charge in [0.05, 0.1) is 11.1 Å². The Labute approximate surface area is 85.5 Å². The zero-order valence-corrected chi connectivity index (χ0v) is 7.76. The van der Waals surface area contributed by atoms with Crippen LogP contribution in [-0.4, -0.2) is 25.2 Å². The molecular formula is C10H8O5. The maximum Gasteiger partial charge on any atom is 0.373 e. The molecule has 0 spiro atoms. The van der Waals surface area contributed by atoms with Gasteiger partial charge in [-0.1, -0.05) is 12.1 Å². The third kappa shape index (κ3) is 1.97. The standard InChI is InChI=1S/C10H8O5/c11-9-7-3-1-2-4-8(7)10(12)15-14-6-5-13-9/h1-4H,5-6H2. The maximum atomic E-state index is 11.5. The van der Waals surface area contributed by atoms with Crippen molar-refractivity contribution in [1.29, 1.82) is 0 Å². The molecule has 2 rings (SSSR count). The zero-order chi connectivity index (χ0) is 10.7. The Hall–Kier alpha value is -1.88. The summed E-state index contributed by atoms with van der Waals surface area (Å²) in [4.78, 5) is 31.9. The van der Waals surface area contributed by atoms with Gasteiger partial charge in [0.2, 0.25) is 0 Å². The van der Waals surface area contributed by atoms with E-state index in [2.05, 4.69) is 9.78 Å². The van der Waals surface area contributed by atoms with Crippen LogP contribution < -0.4 is 0 Å². The van der Waals surface area contributed by atoms with Crippen LogP contribution in [0.3, 0.4) is 0 Å². The fourth-order valence-electron chi connectivity index (χ4n) is 1.23. The fraction of sp³-hybridized carbons (Fsp3) is 0.200. The second kappa shape index (κ2) is 4.10. The van der Waals surface area contributed by atoms with E-state index in [1.54, 1.807) is 12.1 Å². The van der Waals surface area contributed by atoms with Crippen LogP contribution in [0.5, 0.6) is 0 Å². The van der Waals surface area contributed by atoms with Gasteiger partial charge in [0.25, 0.3) is 0 Å². The van der Waals surface area contributed by atoms with Crippen LogP contribution in [0.15, 0.2) is 24.3 Å². The summed E-state index contributed by atoms with van der Waals surface area (Å²) in [6.45, 7) is 0.0892. The molecule has 15 heavy (non-hydrogen) atoms. The molecule has 5 nitrogen and oxygen atoms in total. The minimum absolute atomic E-state index is 0.0332. The Kier molecular flexibility index (Phi) is 2.64. The highest BCUT2D eigenvalue weighted by Crippen LogP contribution is 2.13. The first-order chi connectivity index (χ1) is 7.29. The molecule has 1 aromatic carbocycles. The first-order valence-electron chi connectivity index (χ1n) is 4.39. The van der Waals surface area contributed by atoms with E-state index >= 15 is 0 Å². The number of cyclic esters (lactones) is 1. The normalized spacial score (nSPS) is 16.5. The van der Waals surface area contributed by atoms with Crippen molar-refractivity contribution >= 4 is 11.9 Å². The number of ether oxygens (including phenoxy) is 1. The van der Waals surface area contributed by atoms with Gasteiger partial charge in [-0.05, 0) is 12.1 Å². The summed E-state index contributed by atoms with van der Waals surface area (Å²) in [6, 6.07) is 6.26. The van der Waals surface area contributed by atoms with E-state index in [9.17, 15) is 9.59 Å². The Bertz CT molecular complexity index is 362. The van der Waals surface area contributed by atoms with Crippen molar-refractivity contribution in [1.82, 2.24) is 0 Å². The number of rotatable bonds is 0. The molecule has 0 unspecified atom stereocenters. The van der Waals surface area contributed by atoms with Crippen molar-refractivity contribution in [3.8, 4) is 0 Å². The van der Waals surface area contributed by atoms with Crippen LogP contribution in [-0.2, 0) is 14.5 Å². The lowest BCUT2D eigenvalue weighted by Crippen LogP contribution is -2.11. The highest BCUT2D eigenvalue weighted by molar-refractivity contribution is 6.02. The van der Waals surface area contributed by atoms with Crippen LogP contribution in [0.25, 0.3) is 0 Å².